The maximum atomic E-state index is 13.0. The van der Waals surface area contributed by atoms with Gasteiger partial charge in [0.05, 0.1) is 19.9 Å². The van der Waals surface area contributed by atoms with Crippen molar-refractivity contribution in [1.82, 2.24) is 15.2 Å². The van der Waals surface area contributed by atoms with E-state index in [2.05, 4.69) is 34.4 Å². The summed E-state index contributed by atoms with van der Waals surface area (Å²) >= 11 is 1.41. The highest BCUT2D eigenvalue weighted by atomic mass is 32.1. The van der Waals surface area contributed by atoms with Gasteiger partial charge in [-0.15, -0.1) is 11.3 Å². The molecule has 1 aliphatic rings. The third kappa shape index (κ3) is 6.93. The lowest BCUT2D eigenvalue weighted by Crippen LogP contribution is -2.47. The molecule has 8 nitrogen and oxygen atoms in total. The number of thiazole rings is 1. The van der Waals surface area contributed by atoms with E-state index in [1.54, 1.807) is 18.2 Å². The Morgan fingerprint density at radius 2 is 1.74 bits per heavy atom. The molecule has 2 aromatic rings. The Hall–Kier alpha value is -2.65. The SMILES string of the molecule is COc1cc(OC)cc(C(=O)NC(C(=O)Nc2nc(CN3CC(C)CC(C)C3)cs2)C(C)C)c1. The Labute approximate surface area is 206 Å². The van der Waals surface area contributed by atoms with Crippen molar-refractivity contribution < 1.29 is 19.1 Å². The third-order valence-electron chi connectivity index (χ3n) is 5.96. The zero-order valence-electron chi connectivity index (χ0n) is 20.9. The summed E-state index contributed by atoms with van der Waals surface area (Å²) in [4.78, 5) is 33.0. The van der Waals surface area contributed by atoms with Gasteiger partial charge in [-0.3, -0.25) is 14.5 Å². The fourth-order valence-electron chi connectivity index (χ4n) is 4.47. The summed E-state index contributed by atoms with van der Waals surface area (Å²) < 4.78 is 10.5. The van der Waals surface area contributed by atoms with E-state index in [4.69, 9.17) is 9.47 Å². The monoisotopic (exact) mass is 488 g/mol. The van der Waals surface area contributed by atoms with Crippen LogP contribution in [0.2, 0.25) is 0 Å². The summed E-state index contributed by atoms with van der Waals surface area (Å²) in [6.07, 6.45) is 1.26. The highest BCUT2D eigenvalue weighted by Gasteiger charge is 2.27. The summed E-state index contributed by atoms with van der Waals surface area (Å²) in [6.45, 7) is 11.3. The molecule has 2 heterocycles. The number of piperidine rings is 1. The number of carbonyl (C=O) groups excluding carboxylic acids is 2. The van der Waals surface area contributed by atoms with E-state index in [-0.39, 0.29) is 17.7 Å². The number of hydrogen-bond donors (Lipinski definition) is 2. The first-order chi connectivity index (χ1) is 16.2. The van der Waals surface area contributed by atoms with Crippen LogP contribution in [0.1, 0.15) is 50.2 Å². The number of amides is 2. The summed E-state index contributed by atoms with van der Waals surface area (Å²) in [5, 5.41) is 8.26. The van der Waals surface area contributed by atoms with Crippen LogP contribution < -0.4 is 20.1 Å². The van der Waals surface area contributed by atoms with Crippen LogP contribution >= 0.6 is 11.3 Å². The van der Waals surface area contributed by atoms with Crippen LogP contribution in [0.3, 0.4) is 0 Å². The molecule has 0 bridgehead atoms. The van der Waals surface area contributed by atoms with Gasteiger partial charge < -0.3 is 20.1 Å². The fraction of sp³-hybridized carbons (Fsp3) is 0.560. The number of ether oxygens (including phenoxy) is 2. The topological polar surface area (TPSA) is 92.8 Å². The summed E-state index contributed by atoms with van der Waals surface area (Å²) in [5.74, 6) is 1.58. The first-order valence-corrected chi connectivity index (χ1v) is 12.6. The van der Waals surface area contributed by atoms with Crippen molar-refractivity contribution in [2.45, 2.75) is 46.7 Å². The second kappa shape index (κ2) is 11.7. The minimum Gasteiger partial charge on any atom is -0.497 e. The number of carbonyl (C=O) groups is 2. The number of hydrogen-bond acceptors (Lipinski definition) is 7. The van der Waals surface area contributed by atoms with E-state index in [9.17, 15) is 9.59 Å². The normalized spacial score (nSPS) is 19.5. The van der Waals surface area contributed by atoms with Gasteiger partial charge in [0.2, 0.25) is 5.91 Å². The lowest BCUT2D eigenvalue weighted by atomic mass is 9.92. The Morgan fingerprint density at radius 3 is 2.29 bits per heavy atom. The Kier molecular flexibility index (Phi) is 8.90. The smallest absolute Gasteiger partial charge is 0.252 e. The van der Waals surface area contributed by atoms with Crippen LogP contribution in [0, 0.1) is 17.8 Å². The van der Waals surface area contributed by atoms with Crippen LogP contribution in [-0.4, -0.2) is 55.0 Å². The summed E-state index contributed by atoms with van der Waals surface area (Å²) in [7, 11) is 3.05. The zero-order valence-corrected chi connectivity index (χ0v) is 21.7. The van der Waals surface area contributed by atoms with Crippen molar-refractivity contribution in [1.29, 1.82) is 0 Å². The van der Waals surface area contributed by atoms with Crippen molar-refractivity contribution in [3.63, 3.8) is 0 Å². The third-order valence-corrected chi connectivity index (χ3v) is 6.77. The van der Waals surface area contributed by atoms with E-state index in [0.717, 1.165) is 25.3 Å². The van der Waals surface area contributed by atoms with E-state index in [1.165, 1.54) is 32.0 Å². The van der Waals surface area contributed by atoms with E-state index >= 15 is 0 Å². The maximum absolute atomic E-state index is 13.0. The molecule has 1 fully saturated rings. The molecule has 3 atom stereocenters. The molecule has 1 aliphatic heterocycles. The number of methoxy groups -OCH3 is 2. The minimum atomic E-state index is -0.721. The van der Waals surface area contributed by atoms with Gasteiger partial charge >= 0.3 is 0 Å². The minimum absolute atomic E-state index is 0.118. The molecule has 0 aliphatic carbocycles. The van der Waals surface area contributed by atoms with Gasteiger partial charge in [-0.25, -0.2) is 4.98 Å². The van der Waals surface area contributed by atoms with E-state index in [1.807, 2.05) is 19.2 Å². The maximum Gasteiger partial charge on any atom is 0.252 e. The van der Waals surface area contributed by atoms with Gasteiger partial charge in [-0.2, -0.15) is 0 Å². The highest BCUT2D eigenvalue weighted by molar-refractivity contribution is 7.13. The Bertz CT molecular complexity index is 961. The van der Waals surface area contributed by atoms with Crippen LogP contribution in [-0.2, 0) is 11.3 Å². The molecule has 1 saturated heterocycles. The predicted molar refractivity (Wildman–Crippen MR) is 135 cm³/mol. The largest absolute Gasteiger partial charge is 0.497 e. The van der Waals surface area contributed by atoms with Crippen LogP contribution in [0.4, 0.5) is 5.13 Å². The van der Waals surface area contributed by atoms with Crippen molar-refractivity contribution in [2.24, 2.45) is 17.8 Å². The van der Waals surface area contributed by atoms with E-state index in [0.29, 0.717) is 34.0 Å². The summed E-state index contributed by atoms with van der Waals surface area (Å²) in [5.41, 5.74) is 1.31. The van der Waals surface area contributed by atoms with Crippen molar-refractivity contribution in [3.05, 3.63) is 34.8 Å². The van der Waals surface area contributed by atoms with Gasteiger partial charge in [0.1, 0.15) is 17.5 Å². The van der Waals surface area contributed by atoms with Crippen LogP contribution in [0.15, 0.2) is 23.6 Å². The molecular weight excluding hydrogens is 452 g/mol. The first-order valence-electron chi connectivity index (χ1n) is 11.7. The zero-order chi connectivity index (χ0) is 24.8. The van der Waals surface area contributed by atoms with Crippen LogP contribution in [0.25, 0.3) is 0 Å². The number of nitrogens with one attached hydrogen (secondary N) is 2. The number of rotatable bonds is 9. The molecule has 0 radical (unpaired) electrons. The standard InChI is InChI=1S/C25H36N4O4S/c1-15(2)22(27-23(30)18-8-20(32-5)10-21(9-18)33-6)24(31)28-25-26-19(14-34-25)13-29-11-16(3)7-17(4)12-29/h8-10,14-17,22H,7,11-13H2,1-6H3,(H,27,30)(H,26,28,31). The lowest BCUT2D eigenvalue weighted by Gasteiger charge is -2.34. The number of aromatic nitrogens is 1. The average molecular weight is 489 g/mol. The van der Waals surface area contributed by atoms with Crippen molar-refractivity contribution in [2.75, 3.05) is 32.6 Å². The fourth-order valence-corrected chi connectivity index (χ4v) is 5.17. The van der Waals surface area contributed by atoms with Gasteiger partial charge in [-0.05, 0) is 36.3 Å². The lowest BCUT2D eigenvalue weighted by molar-refractivity contribution is -0.118. The summed E-state index contributed by atoms with van der Waals surface area (Å²) in [6, 6.07) is 4.20. The van der Waals surface area contributed by atoms with Crippen LogP contribution in [0.5, 0.6) is 11.5 Å². The Morgan fingerprint density at radius 1 is 1.12 bits per heavy atom. The molecule has 1 aromatic carbocycles. The number of benzene rings is 1. The molecule has 2 N–H and O–H groups in total. The van der Waals surface area contributed by atoms with Crippen molar-refractivity contribution in [3.8, 4) is 11.5 Å². The Balaban J connectivity index is 1.64. The first kappa shape index (κ1) is 26.0. The molecule has 2 amide bonds. The molecule has 34 heavy (non-hydrogen) atoms. The molecule has 3 rings (SSSR count). The number of nitrogens with zero attached hydrogens (tertiary/aromatic N) is 2. The van der Waals surface area contributed by atoms with Gasteiger partial charge in [0, 0.05) is 36.6 Å². The van der Waals surface area contributed by atoms with Gasteiger partial charge in [0.15, 0.2) is 5.13 Å². The molecular formula is C25H36N4O4S. The van der Waals surface area contributed by atoms with Gasteiger partial charge in [0.25, 0.3) is 5.91 Å². The van der Waals surface area contributed by atoms with Gasteiger partial charge in [-0.1, -0.05) is 27.7 Å². The quantitative estimate of drug-likeness (QED) is 0.554. The second-order valence-corrected chi connectivity index (χ2v) is 10.4. The molecule has 1 aromatic heterocycles. The predicted octanol–water partition coefficient (Wildman–Crippen LogP) is 4.03. The highest BCUT2D eigenvalue weighted by Crippen LogP contribution is 2.25. The molecule has 3 unspecified atom stereocenters. The number of anilines is 1. The average Bonchev–Trinajstić information content (AvgIpc) is 3.22. The van der Waals surface area contributed by atoms with E-state index < -0.39 is 6.04 Å². The molecule has 9 heteroatoms. The number of likely N-dealkylation sites (tertiary alicyclic amines) is 1. The molecule has 186 valence electrons. The molecule has 0 spiro atoms. The molecule has 0 saturated carbocycles. The van der Waals surface area contributed by atoms with Crippen molar-refractivity contribution >= 4 is 28.3 Å². The second-order valence-electron chi connectivity index (χ2n) is 9.57.